The molecule has 0 bridgehead atoms. The molecule has 1 aromatic rings. The van der Waals surface area contributed by atoms with E-state index in [4.69, 9.17) is 22.2 Å². The Balaban J connectivity index is 2.78. The Morgan fingerprint density at radius 1 is 1.50 bits per heavy atom. The Labute approximate surface area is 109 Å². The second-order valence-electron chi connectivity index (χ2n) is 3.77. The topological polar surface area (TPSA) is 47.3 Å². The quantitative estimate of drug-likeness (QED) is 0.649. The number of rotatable bonds is 5. The van der Waals surface area contributed by atoms with Crippen molar-refractivity contribution in [3.8, 4) is 0 Å². The van der Waals surface area contributed by atoms with E-state index in [-0.39, 0.29) is 12.1 Å². The van der Waals surface area contributed by atoms with Crippen LogP contribution >= 0.6 is 27.5 Å². The van der Waals surface area contributed by atoms with E-state index in [1.165, 1.54) is 0 Å². The van der Waals surface area contributed by atoms with E-state index < -0.39 is 0 Å². The first kappa shape index (κ1) is 13.9. The summed E-state index contributed by atoms with van der Waals surface area (Å²) in [5.74, 6) is 5.51. The van der Waals surface area contributed by atoms with Gasteiger partial charge in [-0.25, -0.2) is 0 Å². The van der Waals surface area contributed by atoms with Crippen molar-refractivity contribution < 1.29 is 4.74 Å². The minimum atomic E-state index is -0.0472. The zero-order valence-corrected chi connectivity index (χ0v) is 11.7. The highest BCUT2D eigenvalue weighted by molar-refractivity contribution is 9.10. The van der Waals surface area contributed by atoms with Gasteiger partial charge in [0, 0.05) is 9.50 Å². The van der Waals surface area contributed by atoms with Crippen LogP contribution in [0.3, 0.4) is 0 Å². The lowest BCUT2D eigenvalue weighted by atomic mass is 10.1. The van der Waals surface area contributed by atoms with Crippen LogP contribution in [0, 0.1) is 0 Å². The molecule has 1 atom stereocenters. The molecule has 5 heteroatoms. The number of nitrogens with two attached hydrogens (primary N) is 1. The van der Waals surface area contributed by atoms with Gasteiger partial charge in [-0.15, -0.1) is 0 Å². The van der Waals surface area contributed by atoms with Gasteiger partial charge in [0.2, 0.25) is 0 Å². The van der Waals surface area contributed by atoms with E-state index in [2.05, 4.69) is 21.4 Å². The molecule has 1 unspecified atom stereocenters. The van der Waals surface area contributed by atoms with Crippen molar-refractivity contribution in [2.45, 2.75) is 26.0 Å². The molecule has 0 heterocycles. The summed E-state index contributed by atoms with van der Waals surface area (Å²) in [4.78, 5) is 0. The van der Waals surface area contributed by atoms with Crippen LogP contribution in [-0.2, 0) is 4.74 Å². The summed E-state index contributed by atoms with van der Waals surface area (Å²) >= 11 is 9.34. The third-order valence-electron chi connectivity index (χ3n) is 2.14. The number of hydrogen-bond acceptors (Lipinski definition) is 3. The number of nitrogens with one attached hydrogen (secondary N) is 1. The molecule has 16 heavy (non-hydrogen) atoms. The molecule has 0 aliphatic carbocycles. The molecule has 3 N–H and O–H groups in total. The highest BCUT2D eigenvalue weighted by Crippen LogP contribution is 2.26. The Morgan fingerprint density at radius 3 is 2.69 bits per heavy atom. The van der Waals surface area contributed by atoms with E-state index in [0.29, 0.717) is 11.6 Å². The maximum atomic E-state index is 5.88. The first-order valence-electron chi connectivity index (χ1n) is 5.07. The van der Waals surface area contributed by atoms with Crippen molar-refractivity contribution >= 4 is 27.5 Å². The molecular weight excluding hydrogens is 291 g/mol. The molecule has 0 spiro atoms. The number of halogens is 2. The van der Waals surface area contributed by atoms with Crippen LogP contribution in [0.4, 0.5) is 0 Å². The third-order valence-corrected chi connectivity index (χ3v) is 3.06. The van der Waals surface area contributed by atoms with E-state index in [0.717, 1.165) is 10.0 Å². The van der Waals surface area contributed by atoms with Gasteiger partial charge in [0.05, 0.1) is 18.8 Å². The molecule has 0 saturated carbocycles. The minimum Gasteiger partial charge on any atom is -0.377 e. The summed E-state index contributed by atoms with van der Waals surface area (Å²) in [5.41, 5.74) is 3.77. The van der Waals surface area contributed by atoms with E-state index in [9.17, 15) is 0 Å². The summed E-state index contributed by atoms with van der Waals surface area (Å²) in [6, 6.07) is 5.56. The predicted octanol–water partition coefficient (Wildman–Crippen LogP) is 3.03. The molecule has 1 aromatic carbocycles. The van der Waals surface area contributed by atoms with Gasteiger partial charge in [-0.2, -0.15) is 0 Å². The number of hydrogen-bond donors (Lipinski definition) is 2. The van der Waals surface area contributed by atoms with Gasteiger partial charge in [0.1, 0.15) is 0 Å². The SMILES string of the molecule is CC(C)OCC(NN)c1ccc(Cl)cc1Br. The predicted molar refractivity (Wildman–Crippen MR) is 70.3 cm³/mol. The Morgan fingerprint density at radius 2 is 2.19 bits per heavy atom. The fourth-order valence-corrected chi connectivity index (χ4v) is 2.26. The Bertz CT molecular complexity index is 347. The Kier molecular flexibility index (Phi) is 5.72. The average Bonchev–Trinajstić information content (AvgIpc) is 2.21. The van der Waals surface area contributed by atoms with Crippen LogP contribution in [0.1, 0.15) is 25.5 Å². The van der Waals surface area contributed by atoms with E-state index >= 15 is 0 Å². The van der Waals surface area contributed by atoms with Crippen LogP contribution < -0.4 is 11.3 Å². The lowest BCUT2D eigenvalue weighted by molar-refractivity contribution is 0.0610. The first-order chi connectivity index (χ1) is 7.54. The molecule has 3 nitrogen and oxygen atoms in total. The normalized spacial score (nSPS) is 13.1. The van der Waals surface area contributed by atoms with Gasteiger partial charge >= 0.3 is 0 Å². The van der Waals surface area contributed by atoms with Crippen molar-refractivity contribution in [3.05, 3.63) is 33.3 Å². The fraction of sp³-hybridized carbons (Fsp3) is 0.455. The molecule has 0 amide bonds. The maximum Gasteiger partial charge on any atom is 0.0704 e. The second kappa shape index (κ2) is 6.57. The molecule has 90 valence electrons. The van der Waals surface area contributed by atoms with Crippen LogP contribution in [0.25, 0.3) is 0 Å². The van der Waals surface area contributed by atoms with Gasteiger partial charge in [0.15, 0.2) is 0 Å². The van der Waals surface area contributed by atoms with Crippen molar-refractivity contribution in [1.29, 1.82) is 0 Å². The van der Waals surface area contributed by atoms with Crippen molar-refractivity contribution in [1.82, 2.24) is 5.43 Å². The highest BCUT2D eigenvalue weighted by Gasteiger charge is 2.14. The number of hydrazine groups is 1. The van der Waals surface area contributed by atoms with Crippen LogP contribution in [0.5, 0.6) is 0 Å². The van der Waals surface area contributed by atoms with Crippen molar-refractivity contribution in [2.75, 3.05) is 6.61 Å². The third kappa shape index (κ3) is 4.03. The molecule has 0 aromatic heterocycles. The van der Waals surface area contributed by atoms with Crippen molar-refractivity contribution in [3.63, 3.8) is 0 Å². The van der Waals surface area contributed by atoms with Gasteiger partial charge in [-0.3, -0.25) is 11.3 Å². The van der Waals surface area contributed by atoms with Gasteiger partial charge < -0.3 is 4.74 Å². The number of ether oxygens (including phenoxy) is 1. The summed E-state index contributed by atoms with van der Waals surface area (Å²) in [6.07, 6.45) is 0.182. The number of benzene rings is 1. The van der Waals surface area contributed by atoms with Gasteiger partial charge in [0.25, 0.3) is 0 Å². The highest BCUT2D eigenvalue weighted by atomic mass is 79.9. The van der Waals surface area contributed by atoms with Gasteiger partial charge in [-0.1, -0.05) is 33.6 Å². The molecule has 0 saturated heterocycles. The fourth-order valence-electron chi connectivity index (χ4n) is 1.30. The van der Waals surface area contributed by atoms with Crippen LogP contribution in [0.2, 0.25) is 5.02 Å². The van der Waals surface area contributed by atoms with E-state index in [1.54, 1.807) is 0 Å². The minimum absolute atomic E-state index is 0.0472. The summed E-state index contributed by atoms with van der Waals surface area (Å²) < 4.78 is 6.46. The first-order valence-corrected chi connectivity index (χ1v) is 6.24. The molecular formula is C11H16BrClN2O. The largest absolute Gasteiger partial charge is 0.377 e. The summed E-state index contributed by atoms with van der Waals surface area (Å²) in [7, 11) is 0. The lowest BCUT2D eigenvalue weighted by Crippen LogP contribution is -2.32. The molecule has 0 aliphatic heterocycles. The smallest absolute Gasteiger partial charge is 0.0704 e. The van der Waals surface area contributed by atoms with Crippen LogP contribution in [-0.4, -0.2) is 12.7 Å². The molecule has 0 aliphatic rings. The van der Waals surface area contributed by atoms with Crippen LogP contribution in [0.15, 0.2) is 22.7 Å². The zero-order chi connectivity index (χ0) is 12.1. The molecule has 1 rings (SSSR count). The average molecular weight is 308 g/mol. The Hall–Kier alpha value is -0.130. The summed E-state index contributed by atoms with van der Waals surface area (Å²) in [5, 5.41) is 0.691. The second-order valence-corrected chi connectivity index (χ2v) is 5.06. The summed E-state index contributed by atoms with van der Waals surface area (Å²) in [6.45, 7) is 4.50. The maximum absolute atomic E-state index is 5.88. The van der Waals surface area contributed by atoms with E-state index in [1.807, 2.05) is 32.0 Å². The molecule has 0 radical (unpaired) electrons. The van der Waals surface area contributed by atoms with Crippen molar-refractivity contribution in [2.24, 2.45) is 5.84 Å². The molecule has 0 fully saturated rings. The van der Waals surface area contributed by atoms with Gasteiger partial charge in [-0.05, 0) is 31.5 Å². The zero-order valence-electron chi connectivity index (χ0n) is 9.34. The lowest BCUT2D eigenvalue weighted by Gasteiger charge is -2.19. The standard InChI is InChI=1S/C11H16BrClN2O/c1-7(2)16-6-11(15-14)9-4-3-8(13)5-10(9)12/h3-5,7,11,15H,6,14H2,1-2H3. The monoisotopic (exact) mass is 306 g/mol.